The van der Waals surface area contributed by atoms with Crippen molar-refractivity contribution in [3.05, 3.63) is 34.8 Å². The summed E-state index contributed by atoms with van der Waals surface area (Å²) >= 11 is 0. The lowest BCUT2D eigenvalue weighted by atomic mass is 9.85. The third-order valence-electron chi connectivity index (χ3n) is 4.73. The number of fused-ring (bicyclic) bond motifs is 2. The van der Waals surface area contributed by atoms with Crippen molar-refractivity contribution in [2.24, 2.45) is 5.92 Å². The molecule has 0 radical (unpaired) electrons. The van der Waals surface area contributed by atoms with Gasteiger partial charge in [-0.15, -0.1) is 0 Å². The van der Waals surface area contributed by atoms with Crippen molar-refractivity contribution >= 4 is 5.97 Å². The summed E-state index contributed by atoms with van der Waals surface area (Å²) < 4.78 is 16.5. The Morgan fingerprint density at radius 2 is 2.14 bits per heavy atom. The largest absolute Gasteiger partial charge is 0.472 e. The molecule has 0 spiro atoms. The molecule has 4 atom stereocenters. The van der Waals surface area contributed by atoms with Gasteiger partial charge in [0.2, 0.25) is 6.29 Å². The van der Waals surface area contributed by atoms with Crippen LogP contribution in [-0.2, 0) is 19.0 Å². The van der Waals surface area contributed by atoms with Crippen molar-refractivity contribution in [2.45, 2.75) is 44.2 Å². The molecule has 118 valence electrons. The number of allylic oxidation sites excluding steroid dienone is 1. The van der Waals surface area contributed by atoms with Gasteiger partial charge in [0.15, 0.2) is 0 Å². The molecule has 3 heterocycles. The van der Waals surface area contributed by atoms with Crippen LogP contribution < -0.4 is 0 Å². The Balaban J connectivity index is 1.50. The molecule has 4 unspecified atom stereocenters. The molecule has 1 saturated carbocycles. The number of esters is 1. The molecule has 0 amide bonds. The minimum atomic E-state index is -0.853. The normalized spacial score (nSPS) is 36.5. The maximum absolute atomic E-state index is 12.3. The summed E-state index contributed by atoms with van der Waals surface area (Å²) in [6.07, 6.45) is 3.37. The first kappa shape index (κ1) is 14.0. The van der Waals surface area contributed by atoms with E-state index >= 15 is 0 Å². The second-order valence-corrected chi connectivity index (χ2v) is 6.19. The van der Waals surface area contributed by atoms with Crippen LogP contribution in [0.15, 0.2) is 34.8 Å². The number of aliphatic hydroxyl groups is 2. The van der Waals surface area contributed by atoms with Crippen LogP contribution in [0.25, 0.3) is 0 Å². The Hall–Kier alpha value is -1.63. The third-order valence-corrected chi connectivity index (χ3v) is 4.73. The Morgan fingerprint density at radius 3 is 2.95 bits per heavy atom. The highest BCUT2D eigenvalue weighted by atomic mass is 16.7. The zero-order valence-corrected chi connectivity index (χ0v) is 12.0. The molecule has 0 aromatic heterocycles. The van der Waals surface area contributed by atoms with E-state index in [9.17, 15) is 15.0 Å². The van der Waals surface area contributed by atoms with Crippen LogP contribution in [0.3, 0.4) is 0 Å². The van der Waals surface area contributed by atoms with E-state index in [1.165, 1.54) is 0 Å². The van der Waals surface area contributed by atoms with Gasteiger partial charge in [0.1, 0.15) is 5.76 Å². The van der Waals surface area contributed by atoms with Gasteiger partial charge in [-0.1, -0.05) is 0 Å². The predicted molar refractivity (Wildman–Crippen MR) is 74.1 cm³/mol. The summed E-state index contributed by atoms with van der Waals surface area (Å²) in [5, 5.41) is 19.2. The highest BCUT2D eigenvalue weighted by Crippen LogP contribution is 2.42. The van der Waals surface area contributed by atoms with E-state index in [2.05, 4.69) is 0 Å². The fourth-order valence-corrected chi connectivity index (χ4v) is 3.39. The van der Waals surface area contributed by atoms with E-state index in [-0.39, 0.29) is 24.6 Å². The molecule has 5 aliphatic rings. The predicted octanol–water partition coefficient (Wildman–Crippen LogP) is 0.906. The van der Waals surface area contributed by atoms with Crippen LogP contribution in [0, 0.1) is 5.92 Å². The molecule has 6 nitrogen and oxygen atoms in total. The molecular weight excluding hydrogens is 288 g/mol. The van der Waals surface area contributed by atoms with Crippen molar-refractivity contribution in [1.29, 1.82) is 0 Å². The number of carbonyl (C=O) groups excluding carboxylic acids is 1. The summed E-state index contributed by atoms with van der Waals surface area (Å²) in [5.41, 5.74) is 2.88. The second-order valence-electron chi connectivity index (χ2n) is 6.19. The maximum atomic E-state index is 12.3. The van der Waals surface area contributed by atoms with Crippen LogP contribution in [0.2, 0.25) is 0 Å². The van der Waals surface area contributed by atoms with E-state index < -0.39 is 12.2 Å². The molecule has 6 heteroatoms. The average molecular weight is 306 g/mol. The van der Waals surface area contributed by atoms with Crippen molar-refractivity contribution in [3.8, 4) is 0 Å². The number of carbonyl (C=O) groups is 1. The first-order valence-corrected chi connectivity index (χ1v) is 7.61. The topological polar surface area (TPSA) is 85.2 Å². The van der Waals surface area contributed by atoms with E-state index in [4.69, 9.17) is 14.2 Å². The van der Waals surface area contributed by atoms with E-state index in [0.717, 1.165) is 16.7 Å². The fourth-order valence-electron chi connectivity index (χ4n) is 3.39. The van der Waals surface area contributed by atoms with Gasteiger partial charge in [0, 0.05) is 17.6 Å². The number of rotatable bonds is 2. The molecule has 2 aliphatic carbocycles. The van der Waals surface area contributed by atoms with Crippen molar-refractivity contribution < 1.29 is 29.2 Å². The minimum absolute atomic E-state index is 0.247. The van der Waals surface area contributed by atoms with Crippen LogP contribution in [0.5, 0.6) is 0 Å². The second kappa shape index (κ2) is 5.22. The van der Waals surface area contributed by atoms with Gasteiger partial charge < -0.3 is 24.4 Å². The number of hydrogen-bond acceptors (Lipinski definition) is 6. The molecule has 2 fully saturated rings. The van der Waals surface area contributed by atoms with Gasteiger partial charge in [-0.25, -0.2) is 0 Å². The van der Waals surface area contributed by atoms with Gasteiger partial charge in [0.05, 0.1) is 31.0 Å². The smallest absolute Gasteiger partial charge is 0.314 e. The van der Waals surface area contributed by atoms with Gasteiger partial charge in [-0.3, -0.25) is 4.79 Å². The zero-order valence-electron chi connectivity index (χ0n) is 12.0. The molecule has 3 aliphatic heterocycles. The Morgan fingerprint density at radius 1 is 1.27 bits per heavy atom. The van der Waals surface area contributed by atoms with Crippen molar-refractivity contribution in [1.82, 2.24) is 0 Å². The lowest BCUT2D eigenvalue weighted by Gasteiger charge is -2.28. The van der Waals surface area contributed by atoms with Gasteiger partial charge in [0.25, 0.3) is 0 Å². The molecule has 1 saturated heterocycles. The van der Waals surface area contributed by atoms with E-state index in [1.54, 1.807) is 6.26 Å². The van der Waals surface area contributed by atoms with Crippen LogP contribution in [-0.4, -0.2) is 41.3 Å². The molecule has 5 rings (SSSR count). The van der Waals surface area contributed by atoms with Gasteiger partial charge >= 0.3 is 5.97 Å². The average Bonchev–Trinajstić information content (AvgIpc) is 2.63. The summed E-state index contributed by atoms with van der Waals surface area (Å²) in [7, 11) is 0. The lowest BCUT2D eigenvalue weighted by molar-refractivity contribution is -0.148. The molecule has 0 aromatic carbocycles. The fraction of sp³-hybridized carbons (Fsp3) is 0.562. The molecule has 22 heavy (non-hydrogen) atoms. The lowest BCUT2D eigenvalue weighted by Crippen LogP contribution is -2.36. The van der Waals surface area contributed by atoms with Crippen LogP contribution in [0.4, 0.5) is 0 Å². The van der Waals surface area contributed by atoms with Gasteiger partial charge in [-0.2, -0.15) is 0 Å². The maximum Gasteiger partial charge on any atom is 0.314 e. The minimum Gasteiger partial charge on any atom is -0.472 e. The Kier molecular flexibility index (Phi) is 3.32. The standard InChI is InChI=1S/C16H18O6/c17-12-2-1-8(3-13(12)18)16(19)22-14-4-9-6-20-15-5-10(14)11(9)7-21-15/h4,7-8,12-13,15,17-18H,1-3,5-6H2. The Bertz CT molecular complexity index is 602. The van der Waals surface area contributed by atoms with Crippen molar-refractivity contribution in [3.63, 3.8) is 0 Å². The van der Waals surface area contributed by atoms with Gasteiger partial charge in [-0.05, 0) is 30.9 Å². The SMILES string of the molecule is O=C(OC1=C2CC3OC=C2C(=C1)CO3)C1CCC(O)C(O)C1. The first-order valence-electron chi connectivity index (χ1n) is 7.61. The van der Waals surface area contributed by atoms with Crippen molar-refractivity contribution in [2.75, 3.05) is 6.61 Å². The Labute approximate surface area is 127 Å². The quantitative estimate of drug-likeness (QED) is 0.738. The number of ether oxygens (including phenoxy) is 3. The van der Waals surface area contributed by atoms with E-state index in [0.29, 0.717) is 31.6 Å². The van der Waals surface area contributed by atoms with E-state index in [1.807, 2.05) is 6.08 Å². The molecular formula is C16H18O6. The highest BCUT2D eigenvalue weighted by Gasteiger charge is 2.37. The van der Waals surface area contributed by atoms with Crippen LogP contribution in [0.1, 0.15) is 25.7 Å². The highest BCUT2D eigenvalue weighted by molar-refractivity contribution is 5.75. The summed E-state index contributed by atoms with van der Waals surface area (Å²) in [4.78, 5) is 12.3. The zero-order chi connectivity index (χ0) is 15.3. The molecule has 4 bridgehead atoms. The molecule has 2 N–H and O–H groups in total. The van der Waals surface area contributed by atoms with Crippen LogP contribution >= 0.6 is 0 Å². The monoisotopic (exact) mass is 306 g/mol. The summed E-state index contributed by atoms with van der Waals surface area (Å²) in [5.74, 6) is -0.135. The summed E-state index contributed by atoms with van der Waals surface area (Å²) in [6.45, 7) is 0.454. The third kappa shape index (κ3) is 2.27. The summed E-state index contributed by atoms with van der Waals surface area (Å²) in [6, 6.07) is 0. The first-order chi connectivity index (χ1) is 10.6. The number of aliphatic hydroxyl groups excluding tert-OH is 2. The number of hydrogen-bond donors (Lipinski definition) is 2. The molecule has 0 aromatic rings.